The second-order valence-electron chi connectivity index (χ2n) is 2.27. The van der Waals surface area contributed by atoms with Crippen LogP contribution in [0.25, 0.3) is 0 Å². The third kappa shape index (κ3) is 2.76. The SMILES string of the molecule is C=C(F)Sc1ccc(C)cc1. The second-order valence-corrected chi connectivity index (χ2v) is 3.39. The van der Waals surface area contributed by atoms with Gasteiger partial charge < -0.3 is 0 Å². The van der Waals surface area contributed by atoms with Crippen molar-refractivity contribution in [3.8, 4) is 0 Å². The molecule has 0 aromatic heterocycles. The standard InChI is InChI=1S/C9H9FS/c1-7-3-5-9(6-4-7)11-8(2)10/h3-6H,2H2,1H3. The summed E-state index contributed by atoms with van der Waals surface area (Å²) < 4.78 is 12.3. The van der Waals surface area contributed by atoms with Crippen molar-refractivity contribution in [2.45, 2.75) is 11.8 Å². The molecule has 0 N–H and O–H groups in total. The minimum Gasteiger partial charge on any atom is -0.200 e. The van der Waals surface area contributed by atoms with Gasteiger partial charge in [0, 0.05) is 4.90 Å². The van der Waals surface area contributed by atoms with E-state index in [1.165, 1.54) is 5.56 Å². The van der Waals surface area contributed by atoms with Gasteiger partial charge in [-0.05, 0) is 19.1 Å². The van der Waals surface area contributed by atoms with E-state index in [0.717, 1.165) is 16.7 Å². The highest BCUT2D eigenvalue weighted by Gasteiger charge is 1.94. The van der Waals surface area contributed by atoms with Crippen molar-refractivity contribution >= 4 is 11.8 Å². The van der Waals surface area contributed by atoms with E-state index in [4.69, 9.17) is 0 Å². The molecule has 0 saturated heterocycles. The van der Waals surface area contributed by atoms with E-state index in [0.29, 0.717) is 0 Å². The van der Waals surface area contributed by atoms with Crippen molar-refractivity contribution in [1.29, 1.82) is 0 Å². The summed E-state index contributed by atoms with van der Waals surface area (Å²) in [5.41, 5.74) is 1.18. The number of rotatable bonds is 2. The lowest BCUT2D eigenvalue weighted by Gasteiger charge is -1.96. The minimum absolute atomic E-state index is 0.367. The molecule has 11 heavy (non-hydrogen) atoms. The lowest BCUT2D eigenvalue weighted by atomic mass is 10.2. The minimum atomic E-state index is -0.367. The average Bonchev–Trinajstić information content (AvgIpc) is 1.93. The fourth-order valence-corrected chi connectivity index (χ4v) is 1.26. The maximum atomic E-state index is 12.3. The number of hydrogen-bond donors (Lipinski definition) is 0. The Bertz CT molecular complexity index is 251. The van der Waals surface area contributed by atoms with Crippen LogP contribution in [0, 0.1) is 6.92 Å². The zero-order valence-electron chi connectivity index (χ0n) is 6.30. The highest BCUT2D eigenvalue weighted by atomic mass is 32.2. The third-order valence-corrected chi connectivity index (χ3v) is 1.98. The molecule has 0 aliphatic heterocycles. The smallest absolute Gasteiger partial charge is 0.154 e. The van der Waals surface area contributed by atoms with Crippen LogP contribution in [0.3, 0.4) is 0 Å². The Morgan fingerprint density at radius 3 is 2.36 bits per heavy atom. The van der Waals surface area contributed by atoms with Crippen LogP contribution >= 0.6 is 11.8 Å². The molecule has 1 rings (SSSR count). The molecule has 0 nitrogen and oxygen atoms in total. The van der Waals surface area contributed by atoms with Crippen molar-refractivity contribution in [1.82, 2.24) is 0 Å². The molecule has 0 radical (unpaired) electrons. The molecule has 0 saturated carbocycles. The first kappa shape index (κ1) is 8.34. The van der Waals surface area contributed by atoms with Crippen LogP contribution in [0.4, 0.5) is 4.39 Å². The molecule has 0 spiro atoms. The summed E-state index contributed by atoms with van der Waals surface area (Å²) in [6.45, 7) is 5.17. The van der Waals surface area contributed by atoms with Crippen LogP contribution in [0.2, 0.25) is 0 Å². The number of aryl methyl sites for hydroxylation is 1. The summed E-state index contributed by atoms with van der Waals surface area (Å²) in [4.78, 5) is 0.892. The number of halogens is 1. The Morgan fingerprint density at radius 2 is 1.91 bits per heavy atom. The van der Waals surface area contributed by atoms with Gasteiger partial charge >= 0.3 is 0 Å². The zero-order valence-corrected chi connectivity index (χ0v) is 7.12. The molecule has 0 amide bonds. The highest BCUT2D eigenvalue weighted by molar-refractivity contribution is 8.02. The van der Waals surface area contributed by atoms with Crippen molar-refractivity contribution in [2.75, 3.05) is 0 Å². The second kappa shape index (κ2) is 3.58. The van der Waals surface area contributed by atoms with Crippen LogP contribution in [0.1, 0.15) is 5.56 Å². The van der Waals surface area contributed by atoms with Gasteiger partial charge in [-0.3, -0.25) is 0 Å². The van der Waals surface area contributed by atoms with Gasteiger partial charge in [-0.15, -0.1) is 0 Å². The van der Waals surface area contributed by atoms with Crippen LogP contribution in [0.15, 0.2) is 40.9 Å². The van der Waals surface area contributed by atoms with Crippen molar-refractivity contribution in [3.05, 3.63) is 41.6 Å². The first-order valence-electron chi connectivity index (χ1n) is 3.27. The molecule has 0 aliphatic rings. The Morgan fingerprint density at radius 1 is 1.36 bits per heavy atom. The molecule has 2 heteroatoms. The maximum Gasteiger partial charge on any atom is 0.154 e. The molecule has 0 unspecified atom stereocenters. The first-order chi connectivity index (χ1) is 5.18. The van der Waals surface area contributed by atoms with Crippen molar-refractivity contribution < 1.29 is 4.39 Å². The molecular weight excluding hydrogens is 159 g/mol. The van der Waals surface area contributed by atoms with Gasteiger partial charge in [-0.1, -0.05) is 36.0 Å². The summed E-state index contributed by atoms with van der Waals surface area (Å²) in [6, 6.07) is 7.66. The van der Waals surface area contributed by atoms with Crippen molar-refractivity contribution in [2.24, 2.45) is 0 Å². The maximum absolute atomic E-state index is 12.3. The molecule has 0 aliphatic carbocycles. The van der Waals surface area contributed by atoms with Gasteiger partial charge in [-0.25, -0.2) is 0 Å². The van der Waals surface area contributed by atoms with E-state index in [-0.39, 0.29) is 5.16 Å². The lowest BCUT2D eigenvalue weighted by Crippen LogP contribution is -1.71. The largest absolute Gasteiger partial charge is 0.200 e. The molecule has 58 valence electrons. The van der Waals surface area contributed by atoms with E-state index in [1.54, 1.807) is 0 Å². The predicted octanol–water partition coefficient (Wildman–Crippen LogP) is 3.53. The summed E-state index contributed by atoms with van der Waals surface area (Å²) >= 11 is 1.05. The highest BCUT2D eigenvalue weighted by Crippen LogP contribution is 2.25. The molecule has 1 aromatic carbocycles. The third-order valence-electron chi connectivity index (χ3n) is 1.25. The fraction of sp³-hybridized carbons (Fsp3) is 0.111. The molecule has 1 aromatic rings. The molecule has 0 fully saturated rings. The lowest BCUT2D eigenvalue weighted by molar-refractivity contribution is 0.703. The number of hydrogen-bond acceptors (Lipinski definition) is 1. The van der Waals surface area contributed by atoms with E-state index >= 15 is 0 Å². The number of thioether (sulfide) groups is 1. The van der Waals surface area contributed by atoms with Gasteiger partial charge in [0.15, 0.2) is 5.16 Å². The topological polar surface area (TPSA) is 0 Å². The van der Waals surface area contributed by atoms with Gasteiger partial charge in [0.05, 0.1) is 0 Å². The van der Waals surface area contributed by atoms with Gasteiger partial charge in [0.1, 0.15) is 0 Å². The Kier molecular flexibility index (Phi) is 2.71. The number of benzene rings is 1. The van der Waals surface area contributed by atoms with Crippen LogP contribution in [-0.2, 0) is 0 Å². The normalized spacial score (nSPS) is 9.64. The summed E-state index contributed by atoms with van der Waals surface area (Å²) in [5, 5.41) is -0.367. The quantitative estimate of drug-likeness (QED) is 0.609. The Balaban J connectivity index is 2.74. The van der Waals surface area contributed by atoms with Crippen molar-refractivity contribution in [3.63, 3.8) is 0 Å². The van der Waals surface area contributed by atoms with Gasteiger partial charge in [0.25, 0.3) is 0 Å². The molecule has 0 atom stereocenters. The Labute approximate surface area is 70.1 Å². The van der Waals surface area contributed by atoms with Gasteiger partial charge in [-0.2, -0.15) is 4.39 Å². The molecular formula is C9H9FS. The van der Waals surface area contributed by atoms with Crippen LogP contribution in [-0.4, -0.2) is 0 Å². The van der Waals surface area contributed by atoms with E-state index in [9.17, 15) is 4.39 Å². The predicted molar refractivity (Wildman–Crippen MR) is 47.3 cm³/mol. The first-order valence-corrected chi connectivity index (χ1v) is 4.09. The van der Waals surface area contributed by atoms with Gasteiger partial charge in [0.2, 0.25) is 0 Å². The molecule has 0 bridgehead atoms. The summed E-state index contributed by atoms with van der Waals surface area (Å²) in [5.74, 6) is 0. The Hall–Kier alpha value is -0.760. The molecule has 0 heterocycles. The summed E-state index contributed by atoms with van der Waals surface area (Å²) in [6.07, 6.45) is 0. The van der Waals surface area contributed by atoms with E-state index in [1.807, 2.05) is 31.2 Å². The van der Waals surface area contributed by atoms with E-state index < -0.39 is 0 Å². The average molecular weight is 168 g/mol. The van der Waals surface area contributed by atoms with Crippen LogP contribution < -0.4 is 0 Å². The van der Waals surface area contributed by atoms with E-state index in [2.05, 4.69) is 6.58 Å². The summed E-state index contributed by atoms with van der Waals surface area (Å²) in [7, 11) is 0. The monoisotopic (exact) mass is 168 g/mol. The zero-order chi connectivity index (χ0) is 8.27. The van der Waals surface area contributed by atoms with Crippen LogP contribution in [0.5, 0.6) is 0 Å². The fourth-order valence-electron chi connectivity index (χ4n) is 0.734.